The SMILES string of the molecule is CCCCC/C=C\C/C=C\C/C=C\CCCCCCCCC(=O)OCC(COC(=O)CCCCCCCCCCCCCCCCCCCCCCCCC)OC(=O)CCCCCCCCCCCCCCCCCCCCCCC. The first kappa shape index (κ1) is 78.6. The van der Waals surface area contributed by atoms with Crippen LogP contribution in [0.25, 0.3) is 0 Å². The van der Waals surface area contributed by atoms with Gasteiger partial charge in [-0.2, -0.15) is 0 Å². The van der Waals surface area contributed by atoms with E-state index in [0.29, 0.717) is 19.3 Å². The van der Waals surface area contributed by atoms with Gasteiger partial charge in [-0.05, 0) is 57.8 Å². The minimum atomic E-state index is -0.776. The van der Waals surface area contributed by atoms with Crippen molar-refractivity contribution in [1.29, 1.82) is 0 Å². The molecule has 1 atom stereocenters. The summed E-state index contributed by atoms with van der Waals surface area (Å²) < 4.78 is 17.0. The number of ether oxygens (including phenoxy) is 3. The number of hydrogen-bond acceptors (Lipinski definition) is 6. The van der Waals surface area contributed by atoms with E-state index in [9.17, 15) is 14.4 Å². The van der Waals surface area contributed by atoms with E-state index >= 15 is 0 Å². The fourth-order valence-corrected chi connectivity index (χ4v) is 11.2. The van der Waals surface area contributed by atoms with Crippen molar-refractivity contribution in [3.63, 3.8) is 0 Å². The number of carbonyl (C=O) groups is 3. The van der Waals surface area contributed by atoms with Crippen molar-refractivity contribution in [3.8, 4) is 0 Å². The summed E-state index contributed by atoms with van der Waals surface area (Å²) in [6.07, 6.45) is 87.4. The van der Waals surface area contributed by atoms with Gasteiger partial charge in [0.05, 0.1) is 0 Å². The van der Waals surface area contributed by atoms with Gasteiger partial charge in [-0.25, -0.2) is 0 Å². The van der Waals surface area contributed by atoms with Crippen LogP contribution in [0.3, 0.4) is 0 Å². The van der Waals surface area contributed by atoms with Crippen molar-refractivity contribution < 1.29 is 28.6 Å². The third-order valence-corrected chi connectivity index (χ3v) is 16.6. The maximum Gasteiger partial charge on any atom is 0.306 e. The van der Waals surface area contributed by atoms with Gasteiger partial charge in [0.1, 0.15) is 13.2 Å². The van der Waals surface area contributed by atoms with Crippen molar-refractivity contribution in [2.45, 2.75) is 412 Å². The van der Waals surface area contributed by atoms with E-state index in [4.69, 9.17) is 14.2 Å². The summed E-state index contributed by atoms with van der Waals surface area (Å²) in [7, 11) is 0. The first-order chi connectivity index (χ1) is 40.0. The fraction of sp³-hybridized carbons (Fsp3) is 0.880. The van der Waals surface area contributed by atoms with Gasteiger partial charge in [-0.15, -0.1) is 0 Å². The largest absolute Gasteiger partial charge is 0.462 e. The average molecular weight is 1140 g/mol. The molecule has 0 fully saturated rings. The van der Waals surface area contributed by atoms with Crippen LogP contribution >= 0.6 is 0 Å². The van der Waals surface area contributed by atoms with Gasteiger partial charge in [0.2, 0.25) is 0 Å². The predicted octanol–water partition coefficient (Wildman–Crippen LogP) is 25.1. The second-order valence-corrected chi connectivity index (χ2v) is 24.9. The lowest BCUT2D eigenvalue weighted by Gasteiger charge is -2.18. The molecule has 0 spiro atoms. The fourth-order valence-electron chi connectivity index (χ4n) is 11.2. The minimum Gasteiger partial charge on any atom is -0.462 e. The normalized spacial score (nSPS) is 12.2. The predicted molar refractivity (Wildman–Crippen MR) is 353 cm³/mol. The Bertz CT molecular complexity index is 1350. The lowest BCUT2D eigenvalue weighted by atomic mass is 10.0. The van der Waals surface area contributed by atoms with E-state index in [1.54, 1.807) is 0 Å². The number of allylic oxidation sites excluding steroid dienone is 6. The zero-order chi connectivity index (χ0) is 58.5. The van der Waals surface area contributed by atoms with Crippen molar-refractivity contribution in [2.24, 2.45) is 0 Å². The lowest BCUT2D eigenvalue weighted by molar-refractivity contribution is -0.167. The Balaban J connectivity index is 4.31. The van der Waals surface area contributed by atoms with Crippen molar-refractivity contribution >= 4 is 17.9 Å². The van der Waals surface area contributed by atoms with Crippen molar-refractivity contribution in [1.82, 2.24) is 0 Å². The summed E-state index contributed by atoms with van der Waals surface area (Å²) in [6, 6.07) is 0. The summed E-state index contributed by atoms with van der Waals surface area (Å²) in [5.74, 6) is -0.849. The zero-order valence-corrected chi connectivity index (χ0v) is 54.8. The highest BCUT2D eigenvalue weighted by atomic mass is 16.6. The van der Waals surface area contributed by atoms with Crippen LogP contribution in [0.15, 0.2) is 36.5 Å². The highest BCUT2D eigenvalue weighted by Crippen LogP contribution is 2.19. The van der Waals surface area contributed by atoms with Crippen LogP contribution in [0.1, 0.15) is 406 Å². The first-order valence-corrected chi connectivity index (χ1v) is 36.5. The molecule has 0 aromatic rings. The monoisotopic (exact) mass is 1140 g/mol. The molecule has 1 unspecified atom stereocenters. The Kier molecular flexibility index (Phi) is 68.1. The van der Waals surface area contributed by atoms with Crippen molar-refractivity contribution in [3.05, 3.63) is 36.5 Å². The van der Waals surface area contributed by atoms with Gasteiger partial charge in [0.15, 0.2) is 6.10 Å². The molecule has 6 heteroatoms. The van der Waals surface area contributed by atoms with E-state index in [1.807, 2.05) is 0 Å². The number of unbranched alkanes of at least 4 members (excludes halogenated alkanes) is 51. The third-order valence-electron chi connectivity index (χ3n) is 16.6. The second-order valence-electron chi connectivity index (χ2n) is 24.9. The molecule has 0 N–H and O–H groups in total. The molecule has 0 radical (unpaired) electrons. The van der Waals surface area contributed by atoms with E-state index in [-0.39, 0.29) is 31.1 Å². The Morgan fingerprint density at radius 1 is 0.247 bits per heavy atom. The molecule has 0 aromatic heterocycles. The van der Waals surface area contributed by atoms with Crippen LogP contribution in [0.2, 0.25) is 0 Å². The van der Waals surface area contributed by atoms with Gasteiger partial charge >= 0.3 is 17.9 Å². The third kappa shape index (κ3) is 68.3. The van der Waals surface area contributed by atoms with E-state index < -0.39 is 6.10 Å². The Hall–Kier alpha value is -2.37. The van der Waals surface area contributed by atoms with Gasteiger partial charge in [-0.3, -0.25) is 14.4 Å². The van der Waals surface area contributed by atoms with Crippen LogP contribution in [-0.4, -0.2) is 37.2 Å². The second kappa shape index (κ2) is 70.1. The van der Waals surface area contributed by atoms with Gasteiger partial charge < -0.3 is 14.2 Å². The molecule has 0 heterocycles. The molecule has 0 aliphatic carbocycles. The summed E-state index contributed by atoms with van der Waals surface area (Å²) in [5.41, 5.74) is 0. The topological polar surface area (TPSA) is 78.9 Å². The molecule has 6 nitrogen and oxygen atoms in total. The van der Waals surface area contributed by atoms with Gasteiger partial charge in [0.25, 0.3) is 0 Å². The molecule has 0 aliphatic heterocycles. The molecule has 0 rings (SSSR count). The molecule has 0 bridgehead atoms. The number of esters is 3. The highest BCUT2D eigenvalue weighted by molar-refractivity contribution is 5.71. The smallest absolute Gasteiger partial charge is 0.306 e. The molecular weight excluding hydrogens is 997 g/mol. The molecule has 81 heavy (non-hydrogen) atoms. The standard InChI is InChI=1S/C75H140O6/c1-4-7-10-13-16-19-22-25-28-31-34-36-37-39-41-44-47-50-53-56-59-62-65-68-74(77)80-71-72(70-79-73(76)67-64-61-58-55-52-49-46-43-40-33-30-27-24-21-18-15-12-9-6-3)81-75(78)69-66-63-60-57-54-51-48-45-42-38-35-32-29-26-23-20-17-14-11-8-5-2/h18,21,27,30,40,43,72H,4-17,19-20,22-26,28-29,31-39,41-42,44-71H2,1-3H3/b21-18-,30-27-,43-40-. The minimum absolute atomic E-state index is 0.0702. The first-order valence-electron chi connectivity index (χ1n) is 36.5. The molecule has 0 saturated carbocycles. The molecular formula is C75H140O6. The van der Waals surface area contributed by atoms with Crippen LogP contribution < -0.4 is 0 Å². The summed E-state index contributed by atoms with van der Waals surface area (Å²) >= 11 is 0. The van der Waals surface area contributed by atoms with E-state index in [1.165, 1.54) is 289 Å². The van der Waals surface area contributed by atoms with Gasteiger partial charge in [0, 0.05) is 19.3 Å². The van der Waals surface area contributed by atoms with Crippen molar-refractivity contribution in [2.75, 3.05) is 13.2 Å². The van der Waals surface area contributed by atoms with E-state index in [0.717, 1.165) is 77.0 Å². The maximum absolute atomic E-state index is 13.0. The van der Waals surface area contributed by atoms with Gasteiger partial charge in [-0.1, -0.05) is 365 Å². The lowest BCUT2D eigenvalue weighted by Crippen LogP contribution is -2.30. The number of hydrogen-bond donors (Lipinski definition) is 0. The zero-order valence-electron chi connectivity index (χ0n) is 54.8. The molecule has 0 aromatic carbocycles. The molecule has 0 saturated heterocycles. The summed E-state index contributed by atoms with van der Waals surface area (Å²) in [5, 5.41) is 0. The number of rotatable bonds is 68. The number of carbonyl (C=O) groups excluding carboxylic acids is 3. The molecule has 0 aliphatic rings. The van der Waals surface area contributed by atoms with E-state index in [2.05, 4.69) is 57.2 Å². The molecule has 476 valence electrons. The van der Waals surface area contributed by atoms with Crippen LogP contribution in [0.4, 0.5) is 0 Å². The maximum atomic E-state index is 13.0. The Morgan fingerprint density at radius 2 is 0.444 bits per heavy atom. The average Bonchev–Trinajstić information content (AvgIpc) is 3.47. The summed E-state index contributed by atoms with van der Waals surface area (Å²) in [4.78, 5) is 38.5. The van der Waals surface area contributed by atoms with Crippen LogP contribution in [-0.2, 0) is 28.6 Å². The quantitative estimate of drug-likeness (QED) is 0.0261. The molecule has 0 amide bonds. The Morgan fingerprint density at radius 3 is 0.716 bits per heavy atom. The Labute approximate surface area is 506 Å². The highest BCUT2D eigenvalue weighted by Gasteiger charge is 2.19. The summed E-state index contributed by atoms with van der Waals surface area (Å²) in [6.45, 7) is 6.69. The van der Waals surface area contributed by atoms with Crippen LogP contribution in [0, 0.1) is 0 Å². The van der Waals surface area contributed by atoms with Crippen LogP contribution in [0.5, 0.6) is 0 Å².